The lowest BCUT2D eigenvalue weighted by atomic mass is 9.86. The number of nitrogens with zero attached hydrogens (tertiary/aromatic N) is 2. The summed E-state index contributed by atoms with van der Waals surface area (Å²) in [5.41, 5.74) is 19.0. The molecule has 6 rings (SSSR count). The maximum Gasteiger partial charge on any atom is 0.148 e. The van der Waals surface area contributed by atoms with Crippen LogP contribution in [0.2, 0.25) is 0 Å². The number of rotatable bonds is 3. The molecule has 0 unspecified atom stereocenters. The molecule has 34 heavy (non-hydrogen) atoms. The van der Waals surface area contributed by atoms with Gasteiger partial charge in [0.05, 0.1) is 17.1 Å². The molecule has 4 nitrogen and oxygen atoms in total. The zero-order valence-electron chi connectivity index (χ0n) is 18.4. The Kier molecular flexibility index (Phi) is 4.70. The van der Waals surface area contributed by atoms with Crippen LogP contribution in [0.5, 0.6) is 0 Å². The van der Waals surface area contributed by atoms with E-state index in [0.717, 1.165) is 49.5 Å². The van der Waals surface area contributed by atoms with Crippen LogP contribution in [0.3, 0.4) is 0 Å². The lowest BCUT2D eigenvalue weighted by Gasteiger charge is -2.21. The second-order valence-electron chi connectivity index (χ2n) is 8.28. The first-order valence-electron chi connectivity index (χ1n) is 11.2. The van der Waals surface area contributed by atoms with Crippen molar-refractivity contribution in [3.63, 3.8) is 0 Å². The van der Waals surface area contributed by atoms with Gasteiger partial charge < -0.3 is 11.5 Å². The average molecular weight is 439 g/mol. The summed E-state index contributed by atoms with van der Waals surface area (Å²) in [4.78, 5) is 9.41. The Bertz CT molecular complexity index is 1660. The van der Waals surface area contributed by atoms with Gasteiger partial charge in [-0.2, -0.15) is 0 Å². The van der Waals surface area contributed by atoms with Gasteiger partial charge in [0.1, 0.15) is 5.82 Å². The molecule has 0 aliphatic heterocycles. The van der Waals surface area contributed by atoms with Gasteiger partial charge in [-0.3, -0.25) is 4.98 Å². The molecule has 162 valence electrons. The average Bonchev–Trinajstić information content (AvgIpc) is 2.90. The number of anilines is 2. The second kappa shape index (κ2) is 8.01. The molecule has 6 aromatic rings. The molecule has 2 heterocycles. The standard InChI is InChI=1S/C30H22N4/c31-28-26(23-15-7-11-19-9-1-3-13-21(19)23)27(24-16-8-12-20-10-2-4-14-22(20)24)29(34-30(28)32)25-17-5-6-18-33-25/h1-18H,31H2,(H2,32,34). The third kappa shape index (κ3) is 3.16. The maximum atomic E-state index is 6.73. The van der Waals surface area contributed by atoms with Crippen molar-refractivity contribution in [3.8, 4) is 33.6 Å². The van der Waals surface area contributed by atoms with Crippen molar-refractivity contribution in [2.75, 3.05) is 11.5 Å². The van der Waals surface area contributed by atoms with Gasteiger partial charge in [-0.25, -0.2) is 4.98 Å². The number of hydrogen-bond acceptors (Lipinski definition) is 4. The van der Waals surface area contributed by atoms with Crippen LogP contribution in [-0.4, -0.2) is 9.97 Å². The molecular formula is C30H22N4. The molecule has 0 spiro atoms. The Hall–Kier alpha value is -4.70. The molecule has 0 aliphatic rings. The summed E-state index contributed by atoms with van der Waals surface area (Å²) in [5.74, 6) is 0.299. The fraction of sp³-hybridized carbons (Fsp3) is 0. The number of benzene rings is 4. The first-order chi connectivity index (χ1) is 16.7. The molecule has 0 saturated heterocycles. The zero-order valence-corrected chi connectivity index (χ0v) is 18.4. The summed E-state index contributed by atoms with van der Waals surface area (Å²) in [7, 11) is 0. The minimum absolute atomic E-state index is 0.299. The van der Waals surface area contributed by atoms with Gasteiger partial charge in [0.15, 0.2) is 0 Å². The van der Waals surface area contributed by atoms with Gasteiger partial charge in [0.2, 0.25) is 0 Å². The summed E-state index contributed by atoms with van der Waals surface area (Å²) in [6, 6.07) is 35.1. The van der Waals surface area contributed by atoms with Crippen molar-refractivity contribution in [2.24, 2.45) is 0 Å². The van der Waals surface area contributed by atoms with Gasteiger partial charge >= 0.3 is 0 Å². The van der Waals surface area contributed by atoms with Gasteiger partial charge in [-0.05, 0) is 44.8 Å². The lowest BCUT2D eigenvalue weighted by molar-refractivity contribution is 1.26. The normalized spacial score (nSPS) is 11.2. The van der Waals surface area contributed by atoms with Gasteiger partial charge in [0.25, 0.3) is 0 Å². The Labute approximate surface area is 197 Å². The quantitative estimate of drug-likeness (QED) is 0.313. The van der Waals surface area contributed by atoms with Crippen molar-refractivity contribution in [1.82, 2.24) is 9.97 Å². The van der Waals surface area contributed by atoms with E-state index in [0.29, 0.717) is 17.2 Å². The molecular weight excluding hydrogens is 416 g/mol. The minimum atomic E-state index is 0.299. The Morgan fingerprint density at radius 3 is 1.71 bits per heavy atom. The van der Waals surface area contributed by atoms with E-state index >= 15 is 0 Å². The molecule has 0 radical (unpaired) electrons. The fourth-order valence-corrected chi connectivity index (χ4v) is 4.73. The number of nitrogen functional groups attached to an aromatic ring is 2. The van der Waals surface area contributed by atoms with Crippen LogP contribution in [0.15, 0.2) is 109 Å². The number of fused-ring (bicyclic) bond motifs is 2. The molecule has 0 saturated carbocycles. The highest BCUT2D eigenvalue weighted by Crippen LogP contribution is 2.47. The van der Waals surface area contributed by atoms with E-state index in [4.69, 9.17) is 16.5 Å². The first kappa shape index (κ1) is 19.9. The topological polar surface area (TPSA) is 77.8 Å². The lowest BCUT2D eigenvalue weighted by Crippen LogP contribution is -2.06. The number of pyridine rings is 2. The highest BCUT2D eigenvalue weighted by atomic mass is 14.9. The van der Waals surface area contributed by atoms with Crippen molar-refractivity contribution in [1.29, 1.82) is 0 Å². The van der Waals surface area contributed by atoms with Gasteiger partial charge in [0, 0.05) is 17.3 Å². The molecule has 4 N–H and O–H groups in total. The van der Waals surface area contributed by atoms with Gasteiger partial charge in [-0.1, -0.05) is 91.0 Å². The van der Waals surface area contributed by atoms with Crippen LogP contribution in [0.4, 0.5) is 11.5 Å². The zero-order chi connectivity index (χ0) is 23.1. The van der Waals surface area contributed by atoms with E-state index in [2.05, 4.69) is 71.7 Å². The summed E-state index contributed by atoms with van der Waals surface area (Å²) >= 11 is 0. The Balaban J connectivity index is 1.82. The maximum absolute atomic E-state index is 6.73. The summed E-state index contributed by atoms with van der Waals surface area (Å²) in [5, 5.41) is 4.51. The molecule has 0 bridgehead atoms. The van der Waals surface area contributed by atoms with Crippen molar-refractivity contribution < 1.29 is 0 Å². The highest BCUT2D eigenvalue weighted by Gasteiger charge is 2.23. The molecule has 0 fully saturated rings. The smallest absolute Gasteiger partial charge is 0.148 e. The number of hydrogen-bond donors (Lipinski definition) is 2. The minimum Gasteiger partial charge on any atom is -0.395 e. The number of aromatic nitrogens is 2. The SMILES string of the molecule is Nc1nc(-c2ccccn2)c(-c2cccc3ccccc23)c(-c2cccc3ccccc23)c1N. The van der Waals surface area contributed by atoms with E-state index in [1.54, 1.807) is 6.20 Å². The van der Waals surface area contributed by atoms with Crippen LogP contribution in [0.25, 0.3) is 55.2 Å². The van der Waals surface area contributed by atoms with Crippen LogP contribution in [0, 0.1) is 0 Å². The number of nitrogens with two attached hydrogens (primary N) is 2. The fourth-order valence-electron chi connectivity index (χ4n) is 4.73. The van der Waals surface area contributed by atoms with Crippen LogP contribution < -0.4 is 11.5 Å². The van der Waals surface area contributed by atoms with Crippen LogP contribution in [-0.2, 0) is 0 Å². The molecule has 2 aromatic heterocycles. The molecule has 0 aliphatic carbocycles. The highest BCUT2D eigenvalue weighted by molar-refractivity contribution is 6.12. The predicted molar refractivity (Wildman–Crippen MR) is 142 cm³/mol. The van der Waals surface area contributed by atoms with Crippen LogP contribution >= 0.6 is 0 Å². The molecule has 4 aromatic carbocycles. The van der Waals surface area contributed by atoms with Crippen molar-refractivity contribution >= 4 is 33.1 Å². The molecule has 4 heteroatoms. The van der Waals surface area contributed by atoms with E-state index in [-0.39, 0.29) is 0 Å². The van der Waals surface area contributed by atoms with E-state index < -0.39 is 0 Å². The van der Waals surface area contributed by atoms with E-state index in [9.17, 15) is 0 Å². The van der Waals surface area contributed by atoms with Crippen molar-refractivity contribution in [3.05, 3.63) is 109 Å². The van der Waals surface area contributed by atoms with E-state index in [1.807, 2.05) is 36.4 Å². The predicted octanol–water partition coefficient (Wildman–Crippen LogP) is 6.95. The Morgan fingerprint density at radius 1 is 0.529 bits per heavy atom. The first-order valence-corrected chi connectivity index (χ1v) is 11.2. The van der Waals surface area contributed by atoms with Crippen molar-refractivity contribution in [2.45, 2.75) is 0 Å². The van der Waals surface area contributed by atoms with E-state index in [1.165, 1.54) is 0 Å². The summed E-state index contributed by atoms with van der Waals surface area (Å²) in [6.07, 6.45) is 1.77. The van der Waals surface area contributed by atoms with Crippen LogP contribution in [0.1, 0.15) is 0 Å². The summed E-state index contributed by atoms with van der Waals surface area (Å²) in [6.45, 7) is 0. The largest absolute Gasteiger partial charge is 0.395 e. The monoisotopic (exact) mass is 438 g/mol. The third-order valence-electron chi connectivity index (χ3n) is 6.29. The van der Waals surface area contributed by atoms with Gasteiger partial charge in [-0.15, -0.1) is 0 Å². The second-order valence-corrected chi connectivity index (χ2v) is 8.28. The molecule has 0 amide bonds. The molecule has 0 atom stereocenters. The summed E-state index contributed by atoms with van der Waals surface area (Å²) < 4.78 is 0. The third-order valence-corrected chi connectivity index (χ3v) is 6.29. The Morgan fingerprint density at radius 2 is 1.09 bits per heavy atom.